The van der Waals surface area contributed by atoms with Crippen molar-refractivity contribution in [3.05, 3.63) is 66.0 Å². The molecule has 2 aromatic rings. The van der Waals surface area contributed by atoms with Crippen LogP contribution in [0.3, 0.4) is 0 Å². The summed E-state index contributed by atoms with van der Waals surface area (Å²) >= 11 is 0. The summed E-state index contributed by atoms with van der Waals surface area (Å²) in [4.78, 5) is 9.79. The molecule has 1 aliphatic heterocycles. The average molecular weight is 464 g/mol. The van der Waals surface area contributed by atoms with E-state index in [1.807, 2.05) is 32.3 Å². The van der Waals surface area contributed by atoms with Crippen LogP contribution in [0.4, 0.5) is 5.69 Å². The van der Waals surface area contributed by atoms with Crippen molar-refractivity contribution < 1.29 is 4.74 Å². The summed E-state index contributed by atoms with van der Waals surface area (Å²) in [5.41, 5.74) is 5.92. The number of unbranched alkanes of at least 4 members (excludes halogenated alkanes) is 1. The van der Waals surface area contributed by atoms with Crippen molar-refractivity contribution in [2.45, 2.75) is 46.5 Å². The van der Waals surface area contributed by atoms with Crippen molar-refractivity contribution in [2.24, 2.45) is 12.0 Å². The Morgan fingerprint density at radius 3 is 2.76 bits per heavy atom. The zero-order valence-corrected chi connectivity index (χ0v) is 21.5. The lowest BCUT2D eigenvalue weighted by Gasteiger charge is -2.26. The van der Waals surface area contributed by atoms with E-state index in [4.69, 9.17) is 4.74 Å². The summed E-state index contributed by atoms with van der Waals surface area (Å²) in [5, 5.41) is 4.42. The lowest BCUT2D eigenvalue weighted by molar-refractivity contribution is 0.255. The molecule has 6 heteroatoms. The minimum absolute atomic E-state index is 0.661. The number of aromatic nitrogens is 2. The van der Waals surface area contributed by atoms with Gasteiger partial charge in [0.2, 0.25) is 0 Å². The van der Waals surface area contributed by atoms with Gasteiger partial charge in [0.05, 0.1) is 12.3 Å². The zero-order valence-electron chi connectivity index (χ0n) is 21.5. The molecule has 0 amide bonds. The predicted molar refractivity (Wildman–Crippen MR) is 144 cm³/mol. The molecule has 34 heavy (non-hydrogen) atoms. The predicted octanol–water partition coefficient (Wildman–Crippen LogP) is 5.25. The van der Waals surface area contributed by atoms with E-state index in [0.29, 0.717) is 12.5 Å². The van der Waals surface area contributed by atoms with Gasteiger partial charge in [-0.05, 0) is 75.0 Å². The number of hydrogen-bond donors (Lipinski definition) is 0. The zero-order chi connectivity index (χ0) is 24.3. The fourth-order valence-electron chi connectivity index (χ4n) is 4.58. The minimum atomic E-state index is 0.661. The van der Waals surface area contributed by atoms with E-state index in [1.165, 1.54) is 29.8 Å². The Kier molecular flexibility index (Phi) is 9.95. The van der Waals surface area contributed by atoms with E-state index in [2.05, 4.69) is 58.5 Å². The maximum atomic E-state index is 5.89. The smallest absolute Gasteiger partial charge is 0.185 e. The van der Waals surface area contributed by atoms with Gasteiger partial charge in [-0.2, -0.15) is 5.10 Å². The van der Waals surface area contributed by atoms with Crippen LogP contribution in [0, 0.1) is 6.92 Å². The third-order valence-corrected chi connectivity index (χ3v) is 6.38. The van der Waals surface area contributed by atoms with Crippen molar-refractivity contribution in [1.29, 1.82) is 0 Å². The summed E-state index contributed by atoms with van der Waals surface area (Å²) in [6.07, 6.45) is 9.96. The van der Waals surface area contributed by atoms with E-state index in [9.17, 15) is 0 Å². The van der Waals surface area contributed by atoms with E-state index in [-0.39, 0.29) is 0 Å². The SMILES string of the molecule is C=C/C=C(\N=C(/C)OCCCCN1CCCN(c2cccc(C)c2CC)CC1)c1ccn(C)n1. The molecule has 0 unspecified atom stereocenters. The van der Waals surface area contributed by atoms with Gasteiger partial charge in [0.25, 0.3) is 0 Å². The third-order valence-electron chi connectivity index (χ3n) is 6.38. The van der Waals surface area contributed by atoms with Gasteiger partial charge in [-0.1, -0.05) is 31.7 Å². The van der Waals surface area contributed by atoms with Crippen LogP contribution in [-0.2, 0) is 18.2 Å². The highest BCUT2D eigenvalue weighted by Crippen LogP contribution is 2.25. The normalized spacial score (nSPS) is 15.9. The molecule has 1 aromatic carbocycles. The number of benzene rings is 1. The lowest BCUT2D eigenvalue weighted by Crippen LogP contribution is -2.32. The van der Waals surface area contributed by atoms with Crippen molar-refractivity contribution in [2.75, 3.05) is 44.2 Å². The Morgan fingerprint density at radius 1 is 1.18 bits per heavy atom. The van der Waals surface area contributed by atoms with Crippen LogP contribution in [0.15, 0.2) is 54.2 Å². The third kappa shape index (κ3) is 7.32. The molecule has 1 saturated heterocycles. The van der Waals surface area contributed by atoms with Crippen molar-refractivity contribution >= 4 is 17.3 Å². The van der Waals surface area contributed by atoms with Gasteiger partial charge >= 0.3 is 0 Å². The van der Waals surface area contributed by atoms with Crippen LogP contribution < -0.4 is 4.90 Å². The molecule has 0 bridgehead atoms. The Bertz CT molecular complexity index is 990. The lowest BCUT2D eigenvalue weighted by atomic mass is 10.0. The number of nitrogens with zero attached hydrogens (tertiary/aromatic N) is 5. The van der Waals surface area contributed by atoms with Gasteiger partial charge in [0.1, 0.15) is 5.69 Å². The van der Waals surface area contributed by atoms with E-state index in [0.717, 1.165) is 56.8 Å². The molecular weight excluding hydrogens is 422 g/mol. The van der Waals surface area contributed by atoms with Crippen LogP contribution in [0.5, 0.6) is 0 Å². The van der Waals surface area contributed by atoms with Gasteiger partial charge < -0.3 is 14.5 Å². The number of anilines is 1. The Labute approximate surface area is 205 Å². The fourth-order valence-corrected chi connectivity index (χ4v) is 4.58. The summed E-state index contributed by atoms with van der Waals surface area (Å²) in [7, 11) is 1.90. The molecule has 1 aromatic heterocycles. The number of allylic oxidation sites excluding steroid dienone is 2. The minimum Gasteiger partial charge on any atom is -0.481 e. The van der Waals surface area contributed by atoms with Crippen molar-refractivity contribution in [3.8, 4) is 0 Å². The van der Waals surface area contributed by atoms with Crippen LogP contribution in [-0.4, -0.2) is 59.9 Å². The Hall–Kier alpha value is -2.86. The first kappa shape index (κ1) is 25.8. The molecule has 1 fully saturated rings. The van der Waals surface area contributed by atoms with Crippen LogP contribution >= 0.6 is 0 Å². The Balaban J connectivity index is 1.41. The first-order chi connectivity index (χ1) is 16.5. The Morgan fingerprint density at radius 2 is 2.03 bits per heavy atom. The maximum Gasteiger partial charge on any atom is 0.185 e. The fraction of sp³-hybridized carbons (Fsp3) is 0.500. The van der Waals surface area contributed by atoms with Gasteiger partial charge in [-0.25, -0.2) is 4.99 Å². The molecular formula is C28H41N5O. The number of ether oxygens (including phenoxy) is 1. The van der Waals surface area contributed by atoms with Gasteiger partial charge in [0.15, 0.2) is 5.90 Å². The average Bonchev–Trinajstić information content (AvgIpc) is 3.12. The number of hydrogen-bond acceptors (Lipinski definition) is 5. The van der Waals surface area contributed by atoms with Crippen LogP contribution in [0.2, 0.25) is 0 Å². The summed E-state index contributed by atoms with van der Waals surface area (Å²) in [5.74, 6) is 0.661. The summed E-state index contributed by atoms with van der Waals surface area (Å²) in [6, 6.07) is 8.67. The number of aryl methyl sites for hydroxylation is 2. The molecule has 0 atom stereocenters. The van der Waals surface area contributed by atoms with Crippen molar-refractivity contribution in [1.82, 2.24) is 14.7 Å². The first-order valence-electron chi connectivity index (χ1n) is 12.6. The summed E-state index contributed by atoms with van der Waals surface area (Å²) in [6.45, 7) is 16.5. The second kappa shape index (κ2) is 13.1. The quantitative estimate of drug-likeness (QED) is 0.209. The van der Waals surface area contributed by atoms with Crippen LogP contribution in [0.25, 0.3) is 5.70 Å². The highest BCUT2D eigenvalue weighted by Gasteiger charge is 2.17. The number of aliphatic imine (C=N–C) groups is 1. The highest BCUT2D eigenvalue weighted by atomic mass is 16.5. The molecule has 3 rings (SSSR count). The molecule has 0 N–H and O–H groups in total. The largest absolute Gasteiger partial charge is 0.481 e. The molecule has 0 aliphatic carbocycles. The maximum absolute atomic E-state index is 5.89. The van der Waals surface area contributed by atoms with Crippen LogP contribution in [0.1, 0.15) is 49.9 Å². The van der Waals surface area contributed by atoms with Gasteiger partial charge in [-0.15, -0.1) is 0 Å². The first-order valence-corrected chi connectivity index (χ1v) is 12.6. The molecule has 184 valence electrons. The van der Waals surface area contributed by atoms with Gasteiger partial charge in [-0.3, -0.25) is 4.68 Å². The molecule has 0 saturated carbocycles. The highest BCUT2D eigenvalue weighted by molar-refractivity contribution is 5.81. The standard InChI is InChI=1S/C28H41N5O/c1-6-12-26(27-15-19-31(5)30-27)29-24(4)34-22-9-8-16-32-17-11-18-33(21-20-32)28-14-10-13-23(3)25(28)7-2/h6,10,12-15,19H,1,7-9,11,16-18,20-22H2,2-5H3/b26-12-,29-24+. The monoisotopic (exact) mass is 463 g/mol. The molecule has 0 radical (unpaired) electrons. The second-order valence-electron chi connectivity index (χ2n) is 8.96. The van der Waals surface area contributed by atoms with E-state index in [1.54, 1.807) is 10.8 Å². The van der Waals surface area contributed by atoms with E-state index >= 15 is 0 Å². The topological polar surface area (TPSA) is 45.9 Å². The molecule has 6 nitrogen and oxygen atoms in total. The van der Waals surface area contributed by atoms with Gasteiger partial charge in [0, 0.05) is 45.5 Å². The van der Waals surface area contributed by atoms with Crippen molar-refractivity contribution in [3.63, 3.8) is 0 Å². The molecule has 2 heterocycles. The summed E-state index contributed by atoms with van der Waals surface area (Å²) < 4.78 is 7.65. The molecule has 1 aliphatic rings. The van der Waals surface area contributed by atoms with E-state index < -0.39 is 0 Å². The molecule has 0 spiro atoms. The number of rotatable bonds is 10. The second-order valence-corrected chi connectivity index (χ2v) is 8.96.